The lowest BCUT2D eigenvalue weighted by molar-refractivity contribution is -0.139. The minimum absolute atomic E-state index is 0.0798. The minimum atomic E-state index is -1.13. The van der Waals surface area contributed by atoms with E-state index in [1.54, 1.807) is 18.2 Å². The van der Waals surface area contributed by atoms with Crippen LogP contribution in [0.25, 0.3) is 17.3 Å². The van der Waals surface area contributed by atoms with Gasteiger partial charge in [0.05, 0.1) is 24.3 Å². The van der Waals surface area contributed by atoms with Gasteiger partial charge >= 0.3 is 5.97 Å². The van der Waals surface area contributed by atoms with E-state index < -0.39 is 24.6 Å². The van der Waals surface area contributed by atoms with Crippen molar-refractivity contribution in [2.24, 2.45) is 0 Å². The molecule has 0 unspecified atom stereocenters. The third-order valence-corrected chi connectivity index (χ3v) is 3.94. The SMILES string of the molecule is CC(C)c1[nH]nc(-c2ccc(F)cc2)c1/C=C/[C@@H](O)C[C@@H](O)CC(=O)O. The molecular weight excluding hydrogens is 339 g/mol. The molecule has 0 bridgehead atoms. The minimum Gasteiger partial charge on any atom is -0.481 e. The van der Waals surface area contributed by atoms with Gasteiger partial charge in [-0.1, -0.05) is 26.0 Å². The largest absolute Gasteiger partial charge is 0.481 e. The molecule has 0 amide bonds. The molecule has 0 radical (unpaired) electrons. The van der Waals surface area contributed by atoms with Crippen LogP contribution in [0.3, 0.4) is 0 Å². The second-order valence-electron chi connectivity index (χ2n) is 6.48. The molecule has 2 aromatic rings. The average molecular weight is 362 g/mol. The monoisotopic (exact) mass is 362 g/mol. The fourth-order valence-corrected chi connectivity index (χ4v) is 2.65. The first-order chi connectivity index (χ1) is 12.3. The molecular formula is C19H23FN2O4. The molecule has 0 saturated carbocycles. The Labute approximate surface area is 151 Å². The van der Waals surface area contributed by atoms with Gasteiger partial charge in [-0.2, -0.15) is 5.10 Å². The van der Waals surface area contributed by atoms with Crippen molar-refractivity contribution in [3.05, 3.63) is 47.4 Å². The highest BCUT2D eigenvalue weighted by atomic mass is 19.1. The number of carbonyl (C=O) groups is 1. The van der Waals surface area contributed by atoms with Crippen molar-refractivity contribution in [2.45, 2.75) is 44.8 Å². The number of nitrogens with one attached hydrogen (secondary N) is 1. The zero-order valence-electron chi connectivity index (χ0n) is 14.7. The maximum Gasteiger partial charge on any atom is 0.305 e. The van der Waals surface area contributed by atoms with Gasteiger partial charge in [-0.3, -0.25) is 9.89 Å². The zero-order chi connectivity index (χ0) is 19.3. The summed E-state index contributed by atoms with van der Waals surface area (Å²) >= 11 is 0. The summed E-state index contributed by atoms with van der Waals surface area (Å²) in [6, 6.07) is 5.95. The van der Waals surface area contributed by atoms with Crippen molar-refractivity contribution in [1.82, 2.24) is 10.2 Å². The number of nitrogens with zero attached hydrogens (tertiary/aromatic N) is 1. The van der Waals surface area contributed by atoms with Crippen LogP contribution in [0.1, 0.15) is 43.9 Å². The van der Waals surface area contributed by atoms with Crippen LogP contribution in [-0.2, 0) is 4.79 Å². The van der Waals surface area contributed by atoms with Gasteiger partial charge in [-0.15, -0.1) is 0 Å². The van der Waals surface area contributed by atoms with Crippen molar-refractivity contribution < 1.29 is 24.5 Å². The Morgan fingerprint density at radius 2 is 1.92 bits per heavy atom. The lowest BCUT2D eigenvalue weighted by Crippen LogP contribution is -2.19. The number of hydrogen-bond acceptors (Lipinski definition) is 4. The summed E-state index contributed by atoms with van der Waals surface area (Å²) in [5, 5.41) is 35.6. The summed E-state index contributed by atoms with van der Waals surface area (Å²) in [5.41, 5.74) is 2.98. The molecule has 0 spiro atoms. The fraction of sp³-hybridized carbons (Fsp3) is 0.368. The molecule has 1 aromatic carbocycles. The van der Waals surface area contributed by atoms with E-state index in [9.17, 15) is 19.4 Å². The Balaban J connectivity index is 2.25. The maximum absolute atomic E-state index is 13.2. The highest BCUT2D eigenvalue weighted by Gasteiger charge is 2.17. The van der Waals surface area contributed by atoms with Crippen molar-refractivity contribution in [2.75, 3.05) is 0 Å². The first kappa shape index (κ1) is 19.8. The van der Waals surface area contributed by atoms with Gasteiger partial charge in [0, 0.05) is 23.2 Å². The molecule has 26 heavy (non-hydrogen) atoms. The number of H-pyrrole nitrogens is 1. The van der Waals surface area contributed by atoms with Crippen LogP contribution in [0, 0.1) is 5.82 Å². The standard InChI is InChI=1S/C19H23FN2O4/c1-11(2)18-16(8-7-14(23)9-15(24)10-17(25)26)19(22-21-18)12-3-5-13(20)6-4-12/h3-8,11,14-15,23-24H,9-10H2,1-2H3,(H,21,22)(H,25,26)/b8-7+/t14-,15-/m1/s1. The summed E-state index contributed by atoms with van der Waals surface area (Å²) in [6.45, 7) is 3.98. The van der Waals surface area contributed by atoms with Gasteiger partial charge in [0.15, 0.2) is 0 Å². The van der Waals surface area contributed by atoms with E-state index in [-0.39, 0.29) is 18.2 Å². The Kier molecular flexibility index (Phi) is 6.65. The van der Waals surface area contributed by atoms with E-state index in [1.807, 2.05) is 13.8 Å². The number of benzene rings is 1. The van der Waals surface area contributed by atoms with Crippen LogP contribution in [0.2, 0.25) is 0 Å². The van der Waals surface area contributed by atoms with Gasteiger partial charge in [-0.25, -0.2) is 4.39 Å². The quantitative estimate of drug-likeness (QED) is 0.578. The Bertz CT molecular complexity index is 768. The number of carboxylic acid groups (broad SMARTS) is 1. The smallest absolute Gasteiger partial charge is 0.305 e. The van der Waals surface area contributed by atoms with Crippen molar-refractivity contribution >= 4 is 12.0 Å². The van der Waals surface area contributed by atoms with E-state index in [2.05, 4.69) is 10.2 Å². The van der Waals surface area contributed by atoms with E-state index >= 15 is 0 Å². The molecule has 140 valence electrons. The van der Waals surface area contributed by atoms with E-state index in [4.69, 9.17) is 5.11 Å². The van der Waals surface area contributed by atoms with E-state index in [0.29, 0.717) is 5.69 Å². The number of hydrogen-bond donors (Lipinski definition) is 4. The van der Waals surface area contributed by atoms with Crippen LogP contribution in [0.5, 0.6) is 0 Å². The van der Waals surface area contributed by atoms with Crippen LogP contribution in [-0.4, -0.2) is 43.7 Å². The molecule has 0 saturated heterocycles. The third-order valence-electron chi connectivity index (χ3n) is 3.94. The average Bonchev–Trinajstić information content (AvgIpc) is 2.96. The first-order valence-electron chi connectivity index (χ1n) is 8.38. The molecule has 1 heterocycles. The van der Waals surface area contributed by atoms with Gasteiger partial charge in [0.1, 0.15) is 5.82 Å². The molecule has 4 N–H and O–H groups in total. The Morgan fingerprint density at radius 1 is 1.27 bits per heavy atom. The molecule has 0 aliphatic heterocycles. The lowest BCUT2D eigenvalue weighted by atomic mass is 9.99. The molecule has 6 nitrogen and oxygen atoms in total. The van der Waals surface area contributed by atoms with Gasteiger partial charge in [-0.05, 0) is 30.2 Å². The van der Waals surface area contributed by atoms with Crippen LogP contribution in [0.15, 0.2) is 30.3 Å². The second kappa shape index (κ2) is 8.73. The molecule has 7 heteroatoms. The zero-order valence-corrected chi connectivity index (χ0v) is 14.7. The third kappa shape index (κ3) is 5.24. The summed E-state index contributed by atoms with van der Waals surface area (Å²) < 4.78 is 13.2. The lowest BCUT2D eigenvalue weighted by Gasteiger charge is -2.11. The Morgan fingerprint density at radius 3 is 2.50 bits per heavy atom. The van der Waals surface area contributed by atoms with Crippen LogP contribution < -0.4 is 0 Å². The molecule has 1 aromatic heterocycles. The number of aromatic amines is 1. The molecule has 0 aliphatic carbocycles. The summed E-state index contributed by atoms with van der Waals surface area (Å²) in [4.78, 5) is 10.6. The van der Waals surface area contributed by atoms with Gasteiger partial charge in [0.25, 0.3) is 0 Å². The predicted molar refractivity (Wildman–Crippen MR) is 96.0 cm³/mol. The summed E-state index contributed by atoms with van der Waals surface area (Å²) in [5.74, 6) is -1.32. The number of carboxylic acids is 1. The molecule has 2 atom stereocenters. The first-order valence-corrected chi connectivity index (χ1v) is 8.38. The molecule has 0 fully saturated rings. The normalized spacial score (nSPS) is 14.1. The maximum atomic E-state index is 13.2. The molecule has 0 aliphatic rings. The predicted octanol–water partition coefficient (Wildman–Crippen LogP) is 2.94. The second-order valence-corrected chi connectivity index (χ2v) is 6.48. The van der Waals surface area contributed by atoms with E-state index in [1.165, 1.54) is 18.2 Å². The van der Waals surface area contributed by atoms with Gasteiger partial charge in [0.2, 0.25) is 0 Å². The van der Waals surface area contributed by atoms with Crippen molar-refractivity contribution in [3.63, 3.8) is 0 Å². The summed E-state index contributed by atoms with van der Waals surface area (Å²) in [6.07, 6.45) is 0.556. The van der Waals surface area contributed by atoms with Gasteiger partial charge < -0.3 is 15.3 Å². The number of halogens is 1. The van der Waals surface area contributed by atoms with Crippen LogP contribution in [0.4, 0.5) is 4.39 Å². The van der Waals surface area contributed by atoms with Crippen molar-refractivity contribution in [1.29, 1.82) is 0 Å². The van der Waals surface area contributed by atoms with Crippen LogP contribution >= 0.6 is 0 Å². The van der Waals surface area contributed by atoms with Crippen molar-refractivity contribution in [3.8, 4) is 11.3 Å². The number of aliphatic hydroxyl groups is 2. The topological polar surface area (TPSA) is 106 Å². The summed E-state index contributed by atoms with van der Waals surface area (Å²) in [7, 11) is 0. The fourth-order valence-electron chi connectivity index (χ4n) is 2.65. The Hall–Kier alpha value is -2.51. The highest BCUT2D eigenvalue weighted by Crippen LogP contribution is 2.29. The molecule has 2 rings (SSSR count). The number of aromatic nitrogens is 2. The number of aliphatic hydroxyl groups excluding tert-OH is 2. The number of rotatable bonds is 8. The number of aliphatic carboxylic acids is 1. The highest BCUT2D eigenvalue weighted by molar-refractivity contribution is 5.73. The van der Waals surface area contributed by atoms with E-state index in [0.717, 1.165) is 16.8 Å².